The maximum absolute atomic E-state index is 14.2. The Morgan fingerprint density at radius 2 is 1.94 bits per heavy atom. The summed E-state index contributed by atoms with van der Waals surface area (Å²) in [7, 11) is 3.22. The van der Waals surface area contributed by atoms with Crippen LogP contribution in [-0.2, 0) is 17.6 Å². The third kappa shape index (κ3) is 6.01. The molecule has 0 bridgehead atoms. The maximum Gasteiger partial charge on any atom is 0.239 e. The average molecular weight is 479 g/mol. The lowest BCUT2D eigenvalue weighted by atomic mass is 9.86. The molecule has 0 saturated heterocycles. The molecule has 1 aliphatic heterocycles. The summed E-state index contributed by atoms with van der Waals surface area (Å²) >= 11 is 0. The molecule has 0 unspecified atom stereocenters. The molecule has 0 saturated carbocycles. The Hall–Kier alpha value is -3.38. The van der Waals surface area contributed by atoms with Crippen LogP contribution >= 0.6 is 0 Å². The summed E-state index contributed by atoms with van der Waals surface area (Å²) < 4.78 is 25.3. The largest absolute Gasteiger partial charge is 0.493 e. The van der Waals surface area contributed by atoms with Gasteiger partial charge in [-0.3, -0.25) is 9.69 Å². The molecule has 1 aliphatic rings. The fraction of sp³-hybridized carbons (Fsp3) is 0.345. The normalized spacial score (nSPS) is 16.9. The second-order valence-corrected chi connectivity index (χ2v) is 8.80. The van der Waals surface area contributed by atoms with Crippen LogP contribution in [0.25, 0.3) is 0 Å². The monoisotopic (exact) mass is 478 g/mol. The first kappa shape index (κ1) is 26.2. The third-order valence-corrected chi connectivity index (χ3v) is 6.55. The summed E-state index contributed by atoms with van der Waals surface area (Å²) in [5.74, 6) is 0.633. The fourth-order valence-electron chi connectivity index (χ4n) is 4.71. The van der Waals surface area contributed by atoms with E-state index in [-0.39, 0.29) is 11.9 Å². The van der Waals surface area contributed by atoms with Gasteiger partial charge in [0.25, 0.3) is 0 Å². The van der Waals surface area contributed by atoms with Crippen molar-refractivity contribution in [3.8, 4) is 11.5 Å². The Kier molecular flexibility index (Phi) is 8.88. The molecular weight excluding hydrogens is 443 g/mol. The SMILES string of the molecule is C=C(/C=C\C=C/C)[C@H](C(N)=O)N1CCc2cc(OC)c(OC)cc2[C@@H]1CCc1ccc(C)c(F)c1. The van der Waals surface area contributed by atoms with Crippen LogP contribution < -0.4 is 15.2 Å². The van der Waals surface area contributed by atoms with Crippen molar-refractivity contribution in [2.24, 2.45) is 5.73 Å². The van der Waals surface area contributed by atoms with Crippen LogP contribution in [0, 0.1) is 12.7 Å². The first-order valence-electron chi connectivity index (χ1n) is 11.8. The van der Waals surface area contributed by atoms with Gasteiger partial charge in [0.2, 0.25) is 5.91 Å². The van der Waals surface area contributed by atoms with E-state index < -0.39 is 11.9 Å². The molecule has 35 heavy (non-hydrogen) atoms. The Morgan fingerprint density at radius 3 is 2.57 bits per heavy atom. The number of fused-ring (bicyclic) bond motifs is 1. The standard InChI is InChI=1S/C29H35FN2O3/c1-6-7-8-9-20(3)28(29(31)33)32-15-14-22-17-26(34-4)27(35-5)18-23(22)25(32)13-12-21-11-10-19(2)24(30)16-21/h6-11,16-18,25,28H,3,12-15H2,1-2,4-5H3,(H2,31,33)/b7-6-,9-8-/t25-,28+/m0/s1. The van der Waals surface area contributed by atoms with Crippen molar-refractivity contribution in [1.29, 1.82) is 0 Å². The maximum atomic E-state index is 14.2. The summed E-state index contributed by atoms with van der Waals surface area (Å²) in [5.41, 5.74) is 10.3. The van der Waals surface area contributed by atoms with Gasteiger partial charge in [-0.15, -0.1) is 0 Å². The molecule has 1 amide bonds. The van der Waals surface area contributed by atoms with E-state index in [0.717, 1.165) is 23.1 Å². The number of methoxy groups -OCH3 is 2. The van der Waals surface area contributed by atoms with Crippen molar-refractivity contribution < 1.29 is 18.7 Å². The van der Waals surface area contributed by atoms with Gasteiger partial charge in [0, 0.05) is 12.6 Å². The van der Waals surface area contributed by atoms with Gasteiger partial charge in [-0.1, -0.05) is 43.0 Å². The van der Waals surface area contributed by atoms with Gasteiger partial charge >= 0.3 is 0 Å². The predicted octanol–water partition coefficient (Wildman–Crippen LogP) is 5.23. The van der Waals surface area contributed by atoms with Crippen LogP contribution in [0.3, 0.4) is 0 Å². The zero-order chi connectivity index (χ0) is 25.5. The molecule has 5 nitrogen and oxygen atoms in total. The third-order valence-electron chi connectivity index (χ3n) is 6.55. The van der Waals surface area contributed by atoms with Crippen molar-refractivity contribution >= 4 is 5.91 Å². The molecular formula is C29H35FN2O3. The second kappa shape index (κ2) is 11.8. The number of amides is 1. The first-order chi connectivity index (χ1) is 16.8. The zero-order valence-corrected chi connectivity index (χ0v) is 21.0. The van der Waals surface area contributed by atoms with Crippen LogP contribution in [0.1, 0.15) is 41.6 Å². The smallest absolute Gasteiger partial charge is 0.239 e. The molecule has 0 aromatic heterocycles. The molecule has 1 heterocycles. The van der Waals surface area contributed by atoms with Crippen molar-refractivity contribution in [2.75, 3.05) is 20.8 Å². The van der Waals surface area contributed by atoms with Crippen LogP contribution in [0.4, 0.5) is 4.39 Å². The highest BCUT2D eigenvalue weighted by molar-refractivity contribution is 5.84. The molecule has 6 heteroatoms. The minimum Gasteiger partial charge on any atom is -0.493 e. The Bertz CT molecular complexity index is 1140. The van der Waals surface area contributed by atoms with Gasteiger partial charge in [0.15, 0.2) is 11.5 Å². The Balaban J connectivity index is 2.03. The Morgan fingerprint density at radius 1 is 1.23 bits per heavy atom. The van der Waals surface area contributed by atoms with Gasteiger partial charge in [-0.05, 0) is 79.1 Å². The Labute approximate surface area is 207 Å². The molecule has 3 rings (SSSR count). The first-order valence-corrected chi connectivity index (χ1v) is 11.8. The number of nitrogens with two attached hydrogens (primary N) is 1. The molecule has 0 spiro atoms. The van der Waals surface area contributed by atoms with E-state index in [4.69, 9.17) is 15.2 Å². The topological polar surface area (TPSA) is 64.8 Å². The number of ether oxygens (including phenoxy) is 2. The minimum absolute atomic E-state index is 0.146. The lowest BCUT2D eigenvalue weighted by Crippen LogP contribution is -2.50. The predicted molar refractivity (Wildman–Crippen MR) is 138 cm³/mol. The highest BCUT2D eigenvalue weighted by atomic mass is 19.1. The summed E-state index contributed by atoms with van der Waals surface area (Å²) in [6, 6.07) is 8.50. The average Bonchev–Trinajstić information content (AvgIpc) is 2.84. The summed E-state index contributed by atoms with van der Waals surface area (Å²) in [5, 5.41) is 0. The summed E-state index contributed by atoms with van der Waals surface area (Å²) in [6.07, 6.45) is 9.50. The van der Waals surface area contributed by atoms with Crippen LogP contribution in [0.15, 0.2) is 66.8 Å². The number of primary amides is 1. The van der Waals surface area contributed by atoms with Crippen LogP contribution in [0.2, 0.25) is 0 Å². The quantitative estimate of drug-likeness (QED) is 0.475. The highest BCUT2D eigenvalue weighted by Crippen LogP contribution is 2.41. The van der Waals surface area contributed by atoms with E-state index in [1.54, 1.807) is 33.3 Å². The number of nitrogens with zero attached hydrogens (tertiary/aromatic N) is 1. The van der Waals surface area contributed by atoms with Crippen LogP contribution in [0.5, 0.6) is 11.5 Å². The number of aryl methyl sites for hydroxylation is 2. The minimum atomic E-state index is -0.669. The number of benzene rings is 2. The number of hydrogen-bond donors (Lipinski definition) is 1. The van der Waals surface area contributed by atoms with Crippen molar-refractivity contribution in [3.63, 3.8) is 0 Å². The molecule has 186 valence electrons. The van der Waals surface area contributed by atoms with Gasteiger partial charge in [-0.25, -0.2) is 4.39 Å². The number of carbonyl (C=O) groups is 1. The van der Waals surface area contributed by atoms with Crippen LogP contribution in [-0.4, -0.2) is 37.6 Å². The molecule has 2 aromatic carbocycles. The number of hydrogen-bond acceptors (Lipinski definition) is 4. The number of carbonyl (C=O) groups excluding carboxylic acids is 1. The van der Waals surface area contributed by atoms with E-state index in [1.807, 2.05) is 49.4 Å². The van der Waals surface area contributed by atoms with Crippen molar-refractivity contribution in [3.05, 3.63) is 94.9 Å². The number of allylic oxidation sites excluding steroid dienone is 3. The van der Waals surface area contributed by atoms with E-state index >= 15 is 0 Å². The second-order valence-electron chi connectivity index (χ2n) is 8.80. The summed E-state index contributed by atoms with van der Waals surface area (Å²) in [6.45, 7) is 8.46. The molecule has 0 radical (unpaired) electrons. The van der Waals surface area contributed by atoms with E-state index in [0.29, 0.717) is 42.0 Å². The molecule has 0 fully saturated rings. The number of rotatable bonds is 10. The van der Waals surface area contributed by atoms with Gasteiger partial charge in [-0.2, -0.15) is 0 Å². The van der Waals surface area contributed by atoms with E-state index in [1.165, 1.54) is 0 Å². The van der Waals surface area contributed by atoms with Gasteiger partial charge < -0.3 is 15.2 Å². The fourth-order valence-corrected chi connectivity index (χ4v) is 4.71. The lowest BCUT2D eigenvalue weighted by molar-refractivity contribution is -0.123. The molecule has 2 N–H and O–H groups in total. The van der Waals surface area contributed by atoms with E-state index in [2.05, 4.69) is 11.5 Å². The summed E-state index contributed by atoms with van der Waals surface area (Å²) in [4.78, 5) is 14.8. The molecule has 0 aliphatic carbocycles. The highest BCUT2D eigenvalue weighted by Gasteiger charge is 2.36. The lowest BCUT2D eigenvalue weighted by Gasteiger charge is -2.42. The van der Waals surface area contributed by atoms with Gasteiger partial charge in [0.1, 0.15) is 11.9 Å². The van der Waals surface area contributed by atoms with Gasteiger partial charge in [0.05, 0.1) is 14.2 Å². The van der Waals surface area contributed by atoms with Crippen molar-refractivity contribution in [1.82, 2.24) is 4.90 Å². The number of halogens is 1. The molecule has 2 aromatic rings. The molecule has 2 atom stereocenters. The van der Waals surface area contributed by atoms with Crippen molar-refractivity contribution in [2.45, 2.75) is 45.2 Å². The van der Waals surface area contributed by atoms with E-state index in [9.17, 15) is 9.18 Å². The zero-order valence-electron chi connectivity index (χ0n) is 21.0.